The fourth-order valence-electron chi connectivity index (χ4n) is 3.73. The molecule has 11 heteroatoms. The zero-order valence-electron chi connectivity index (χ0n) is 17.0. The van der Waals surface area contributed by atoms with Gasteiger partial charge in [-0.25, -0.2) is 15.0 Å². The average Bonchev–Trinajstić information content (AvgIpc) is 3.34. The lowest BCUT2D eigenvalue weighted by molar-refractivity contribution is -0.113. The van der Waals surface area contributed by atoms with E-state index in [-0.39, 0.29) is 11.2 Å². The molecule has 1 unspecified atom stereocenters. The number of anilines is 1. The lowest BCUT2D eigenvalue weighted by Crippen LogP contribution is -2.16. The number of aryl methyl sites for hydroxylation is 1. The molecule has 1 aromatic carbocycles. The molecular formula is C20H19N7O3S. The Morgan fingerprint density at radius 3 is 2.81 bits per heavy atom. The molecule has 2 N–H and O–H groups in total. The Morgan fingerprint density at radius 1 is 1.16 bits per heavy atom. The van der Waals surface area contributed by atoms with E-state index < -0.39 is 0 Å². The third kappa shape index (κ3) is 3.17. The zero-order valence-corrected chi connectivity index (χ0v) is 17.9. The predicted octanol–water partition coefficient (Wildman–Crippen LogP) is 2.64. The van der Waals surface area contributed by atoms with Gasteiger partial charge in [-0.2, -0.15) is 9.78 Å². The van der Waals surface area contributed by atoms with Crippen LogP contribution in [0, 0.1) is 6.92 Å². The quantitative estimate of drug-likeness (QED) is 0.500. The third-order valence-corrected chi connectivity index (χ3v) is 6.39. The lowest BCUT2D eigenvalue weighted by atomic mass is 10.0. The number of H-pyrrole nitrogens is 1. The van der Waals surface area contributed by atoms with E-state index in [1.807, 2.05) is 25.1 Å². The van der Waals surface area contributed by atoms with Crippen LogP contribution in [0.15, 0.2) is 30.9 Å². The highest BCUT2D eigenvalue weighted by Crippen LogP contribution is 2.45. The summed E-state index contributed by atoms with van der Waals surface area (Å²) in [5.74, 6) is 2.58. The van der Waals surface area contributed by atoms with Crippen molar-refractivity contribution in [2.75, 3.05) is 25.3 Å². The van der Waals surface area contributed by atoms with Gasteiger partial charge >= 0.3 is 0 Å². The van der Waals surface area contributed by atoms with E-state index in [1.54, 1.807) is 25.2 Å². The van der Waals surface area contributed by atoms with Crippen molar-refractivity contribution >= 4 is 34.7 Å². The van der Waals surface area contributed by atoms with Gasteiger partial charge in [0.15, 0.2) is 23.0 Å². The van der Waals surface area contributed by atoms with Crippen LogP contribution in [0.1, 0.15) is 22.1 Å². The molecule has 0 aliphatic carbocycles. The van der Waals surface area contributed by atoms with Crippen LogP contribution < -0.4 is 14.8 Å². The number of rotatable bonds is 4. The second-order valence-corrected chi connectivity index (χ2v) is 8.00. The molecule has 5 rings (SSSR count). The lowest BCUT2D eigenvalue weighted by Gasteiger charge is -2.17. The normalized spacial score (nSPS) is 16.0. The highest BCUT2D eigenvalue weighted by Gasteiger charge is 2.32. The number of amides is 1. The van der Waals surface area contributed by atoms with Crippen molar-refractivity contribution in [3.05, 3.63) is 47.7 Å². The van der Waals surface area contributed by atoms with Gasteiger partial charge in [-0.05, 0) is 24.6 Å². The van der Waals surface area contributed by atoms with E-state index in [0.29, 0.717) is 40.1 Å². The minimum atomic E-state index is -0.137. The van der Waals surface area contributed by atoms with Gasteiger partial charge in [0.25, 0.3) is 0 Å². The van der Waals surface area contributed by atoms with Gasteiger partial charge in [-0.3, -0.25) is 4.79 Å². The minimum Gasteiger partial charge on any atom is -0.493 e. The minimum absolute atomic E-state index is 0.106. The number of nitrogens with zero attached hydrogens (tertiary/aromatic N) is 5. The Balaban J connectivity index is 1.70. The number of carbonyl (C=O) groups excluding carboxylic acids is 1. The largest absolute Gasteiger partial charge is 0.493 e. The first-order valence-corrected chi connectivity index (χ1v) is 10.5. The molecule has 1 aliphatic rings. The maximum Gasteiger partial charge on any atom is 0.235 e. The molecular weight excluding hydrogens is 418 g/mol. The average molecular weight is 437 g/mol. The number of hydrogen-bond donors (Lipinski definition) is 2. The molecule has 31 heavy (non-hydrogen) atoms. The van der Waals surface area contributed by atoms with Crippen LogP contribution in [0.4, 0.5) is 5.82 Å². The summed E-state index contributed by atoms with van der Waals surface area (Å²) in [5, 5.41) is 7.59. The highest BCUT2D eigenvalue weighted by molar-refractivity contribution is 8.00. The predicted molar refractivity (Wildman–Crippen MR) is 116 cm³/mol. The number of aromatic amines is 1. The molecule has 0 saturated heterocycles. The van der Waals surface area contributed by atoms with Crippen molar-refractivity contribution in [2.45, 2.75) is 12.2 Å². The van der Waals surface area contributed by atoms with Crippen LogP contribution in [0.2, 0.25) is 0 Å². The molecule has 1 aliphatic heterocycles. The molecule has 1 atom stereocenters. The summed E-state index contributed by atoms with van der Waals surface area (Å²) in [6.45, 7) is 1.92. The first kappa shape index (κ1) is 19.4. The van der Waals surface area contributed by atoms with Crippen molar-refractivity contribution in [2.24, 2.45) is 0 Å². The summed E-state index contributed by atoms with van der Waals surface area (Å²) in [5.41, 5.74) is 3.85. The summed E-state index contributed by atoms with van der Waals surface area (Å²) >= 11 is 1.53. The second kappa shape index (κ2) is 7.58. The fourth-order valence-corrected chi connectivity index (χ4v) is 4.91. The van der Waals surface area contributed by atoms with Crippen molar-refractivity contribution in [1.29, 1.82) is 0 Å². The number of imidazole rings is 1. The number of thioether (sulfide) groups is 1. The van der Waals surface area contributed by atoms with Gasteiger partial charge in [0.2, 0.25) is 5.91 Å². The first-order valence-electron chi connectivity index (χ1n) is 9.48. The topological polar surface area (TPSA) is 120 Å². The Kier molecular flexibility index (Phi) is 4.74. The maximum absolute atomic E-state index is 12.6. The van der Waals surface area contributed by atoms with Crippen LogP contribution in [0.3, 0.4) is 0 Å². The molecule has 0 radical (unpaired) electrons. The summed E-state index contributed by atoms with van der Waals surface area (Å²) in [6, 6.07) is 5.78. The van der Waals surface area contributed by atoms with Crippen LogP contribution in [0.5, 0.6) is 11.5 Å². The van der Waals surface area contributed by atoms with Gasteiger partial charge in [-0.15, -0.1) is 11.8 Å². The number of hydrogen-bond acceptors (Lipinski definition) is 8. The van der Waals surface area contributed by atoms with E-state index in [1.165, 1.54) is 18.1 Å². The second-order valence-electron chi connectivity index (χ2n) is 6.91. The fraction of sp³-hybridized carbons (Fsp3) is 0.250. The van der Waals surface area contributed by atoms with Crippen molar-refractivity contribution in [3.63, 3.8) is 0 Å². The van der Waals surface area contributed by atoms with E-state index >= 15 is 0 Å². The first-order chi connectivity index (χ1) is 15.1. The van der Waals surface area contributed by atoms with Gasteiger partial charge in [0.05, 0.1) is 37.2 Å². The SMILES string of the molecule is COc1ccc(C2SCC(=O)Nc3c2c(C)nn3-c2ncnc3nc[nH]c23)cc1OC. The number of benzene rings is 1. The Labute approximate surface area is 181 Å². The molecule has 0 saturated carbocycles. The zero-order chi connectivity index (χ0) is 21.5. The van der Waals surface area contributed by atoms with Gasteiger partial charge < -0.3 is 19.8 Å². The van der Waals surface area contributed by atoms with Gasteiger partial charge in [0, 0.05) is 5.56 Å². The van der Waals surface area contributed by atoms with Crippen LogP contribution in [-0.4, -0.2) is 55.6 Å². The summed E-state index contributed by atoms with van der Waals surface area (Å²) in [4.78, 5) is 28.4. The number of fused-ring (bicyclic) bond motifs is 2. The molecule has 0 bridgehead atoms. The van der Waals surface area contributed by atoms with Crippen molar-refractivity contribution in [3.8, 4) is 17.3 Å². The molecule has 4 heterocycles. The molecule has 4 aromatic rings. The summed E-state index contributed by atoms with van der Waals surface area (Å²) in [6.07, 6.45) is 2.99. The molecule has 10 nitrogen and oxygen atoms in total. The third-order valence-electron chi connectivity index (χ3n) is 5.12. The van der Waals surface area contributed by atoms with Crippen LogP contribution in [-0.2, 0) is 4.79 Å². The van der Waals surface area contributed by atoms with E-state index in [4.69, 9.17) is 14.6 Å². The Hall–Kier alpha value is -3.60. The van der Waals surface area contributed by atoms with Crippen LogP contribution >= 0.6 is 11.8 Å². The standard InChI is InChI=1S/C20H19N7O3S/c1-10-15-17(11-4-5-12(29-2)13(6-11)30-3)31-7-14(28)25-19(15)27(26-10)20-16-18(22-8-21-16)23-9-24-20/h4-6,8-9,17H,7H2,1-3H3,(H,25,28)(H,21,22,23,24). The smallest absolute Gasteiger partial charge is 0.235 e. The molecule has 158 valence electrons. The molecule has 3 aromatic heterocycles. The number of ether oxygens (including phenoxy) is 2. The number of aromatic nitrogens is 6. The molecule has 0 spiro atoms. The van der Waals surface area contributed by atoms with Crippen LogP contribution in [0.25, 0.3) is 17.0 Å². The van der Waals surface area contributed by atoms with Crippen molar-refractivity contribution in [1.82, 2.24) is 29.7 Å². The molecule has 1 amide bonds. The number of nitrogens with one attached hydrogen (secondary N) is 2. The highest BCUT2D eigenvalue weighted by atomic mass is 32.2. The van der Waals surface area contributed by atoms with Gasteiger partial charge in [0.1, 0.15) is 17.7 Å². The molecule has 0 fully saturated rings. The van der Waals surface area contributed by atoms with E-state index in [0.717, 1.165) is 16.8 Å². The monoisotopic (exact) mass is 437 g/mol. The van der Waals surface area contributed by atoms with Crippen molar-refractivity contribution < 1.29 is 14.3 Å². The maximum atomic E-state index is 12.6. The summed E-state index contributed by atoms with van der Waals surface area (Å²) in [7, 11) is 3.21. The van der Waals surface area contributed by atoms with Gasteiger partial charge in [-0.1, -0.05) is 6.07 Å². The van der Waals surface area contributed by atoms with E-state index in [2.05, 4.69) is 25.3 Å². The number of carbonyl (C=O) groups is 1. The number of methoxy groups -OCH3 is 2. The Bertz CT molecular complexity index is 1300. The Morgan fingerprint density at radius 2 is 2.00 bits per heavy atom. The summed E-state index contributed by atoms with van der Waals surface area (Å²) < 4.78 is 12.5. The van der Waals surface area contributed by atoms with E-state index in [9.17, 15) is 4.79 Å².